The van der Waals surface area contributed by atoms with E-state index >= 15 is 0 Å². The van der Waals surface area contributed by atoms with E-state index in [1.807, 2.05) is 6.20 Å². The lowest BCUT2D eigenvalue weighted by Crippen LogP contribution is -2.18. The molecule has 1 aromatic heterocycles. The van der Waals surface area contributed by atoms with Gasteiger partial charge in [-0.3, -0.25) is 0 Å². The van der Waals surface area contributed by atoms with Crippen molar-refractivity contribution < 1.29 is 4.74 Å². The molecule has 2 rings (SSSR count). The van der Waals surface area contributed by atoms with Gasteiger partial charge in [0, 0.05) is 43.1 Å². The van der Waals surface area contributed by atoms with Crippen molar-refractivity contribution in [3.8, 4) is 0 Å². The lowest BCUT2D eigenvalue weighted by Gasteiger charge is -2.21. The van der Waals surface area contributed by atoms with Crippen molar-refractivity contribution in [2.24, 2.45) is 5.73 Å². The zero-order chi connectivity index (χ0) is 12.1. The number of hydrogen-bond donors (Lipinski definition) is 1. The zero-order valence-corrected chi connectivity index (χ0v) is 10.5. The number of aryl methyl sites for hydroxylation is 1. The Labute approximate surface area is 103 Å². The Morgan fingerprint density at radius 1 is 1.41 bits per heavy atom. The van der Waals surface area contributed by atoms with E-state index in [1.54, 1.807) is 0 Å². The summed E-state index contributed by atoms with van der Waals surface area (Å²) in [5, 5.41) is 0. The normalized spacial score (nSPS) is 17.3. The molecule has 2 heterocycles. The third-order valence-corrected chi connectivity index (χ3v) is 3.27. The third-order valence-electron chi connectivity index (χ3n) is 3.27. The average molecular weight is 235 g/mol. The summed E-state index contributed by atoms with van der Waals surface area (Å²) in [5.74, 6) is 1.44. The van der Waals surface area contributed by atoms with Crippen LogP contribution in [0.2, 0.25) is 0 Å². The van der Waals surface area contributed by atoms with Crippen molar-refractivity contribution in [1.29, 1.82) is 0 Å². The molecule has 0 amide bonds. The molecule has 0 atom stereocenters. The van der Waals surface area contributed by atoms with Gasteiger partial charge in [0.05, 0.1) is 0 Å². The summed E-state index contributed by atoms with van der Waals surface area (Å²) in [5.41, 5.74) is 7.93. The summed E-state index contributed by atoms with van der Waals surface area (Å²) >= 11 is 0. The first kappa shape index (κ1) is 12.5. The molecule has 1 fully saturated rings. The summed E-state index contributed by atoms with van der Waals surface area (Å²) in [6.07, 6.45) is 6.06. The Kier molecular flexibility index (Phi) is 4.45. The Morgan fingerprint density at radius 3 is 2.82 bits per heavy atom. The van der Waals surface area contributed by atoms with Crippen LogP contribution in [0.15, 0.2) is 6.20 Å². The van der Waals surface area contributed by atoms with E-state index in [4.69, 9.17) is 15.5 Å². The maximum atomic E-state index is 5.71. The molecule has 0 unspecified atom stereocenters. The Bertz CT molecular complexity index is 362. The van der Waals surface area contributed by atoms with Crippen molar-refractivity contribution >= 4 is 0 Å². The Balaban J connectivity index is 2.19. The van der Waals surface area contributed by atoms with E-state index in [0.29, 0.717) is 12.5 Å². The minimum Gasteiger partial charge on any atom is -0.381 e. The quantitative estimate of drug-likeness (QED) is 0.864. The molecule has 1 saturated heterocycles. The third kappa shape index (κ3) is 3.01. The highest BCUT2D eigenvalue weighted by molar-refractivity contribution is 5.19. The first-order valence-corrected chi connectivity index (χ1v) is 6.47. The lowest BCUT2D eigenvalue weighted by atomic mass is 9.99. The molecule has 0 radical (unpaired) electrons. The summed E-state index contributed by atoms with van der Waals surface area (Å²) in [6.45, 7) is 4.35. The average Bonchev–Trinajstić information content (AvgIpc) is 2.40. The largest absolute Gasteiger partial charge is 0.381 e. The van der Waals surface area contributed by atoms with E-state index in [1.165, 1.54) is 0 Å². The highest BCUT2D eigenvalue weighted by atomic mass is 16.5. The van der Waals surface area contributed by atoms with Crippen LogP contribution in [-0.2, 0) is 17.7 Å². The van der Waals surface area contributed by atoms with Crippen LogP contribution in [-0.4, -0.2) is 23.2 Å². The summed E-state index contributed by atoms with van der Waals surface area (Å²) in [6, 6.07) is 0. The van der Waals surface area contributed by atoms with E-state index < -0.39 is 0 Å². The van der Waals surface area contributed by atoms with Crippen molar-refractivity contribution in [3.05, 3.63) is 23.3 Å². The number of nitrogens with zero attached hydrogens (tertiary/aromatic N) is 2. The van der Waals surface area contributed by atoms with E-state index in [2.05, 4.69) is 11.9 Å². The fourth-order valence-electron chi connectivity index (χ4n) is 2.23. The SMILES string of the molecule is CCCc1nc(C2CCOCC2)ncc1CN. The predicted octanol–water partition coefficient (Wildman–Crippen LogP) is 1.78. The van der Waals surface area contributed by atoms with Crippen LogP contribution in [0.5, 0.6) is 0 Å². The second-order valence-electron chi connectivity index (χ2n) is 4.54. The van der Waals surface area contributed by atoms with Gasteiger partial charge >= 0.3 is 0 Å². The van der Waals surface area contributed by atoms with Crippen LogP contribution in [0.25, 0.3) is 0 Å². The summed E-state index contributed by atoms with van der Waals surface area (Å²) in [7, 11) is 0. The van der Waals surface area contributed by atoms with Crippen LogP contribution < -0.4 is 5.73 Å². The van der Waals surface area contributed by atoms with E-state index in [0.717, 1.165) is 56.0 Å². The molecular formula is C13H21N3O. The molecule has 1 aliphatic heterocycles. The van der Waals surface area contributed by atoms with Crippen LogP contribution in [0.4, 0.5) is 0 Å². The topological polar surface area (TPSA) is 61.0 Å². The molecule has 0 aromatic carbocycles. The van der Waals surface area contributed by atoms with Crippen molar-refractivity contribution in [2.75, 3.05) is 13.2 Å². The highest BCUT2D eigenvalue weighted by Crippen LogP contribution is 2.24. The van der Waals surface area contributed by atoms with E-state index in [-0.39, 0.29) is 0 Å². The molecule has 94 valence electrons. The lowest BCUT2D eigenvalue weighted by molar-refractivity contribution is 0.0835. The van der Waals surface area contributed by atoms with Crippen LogP contribution in [0, 0.1) is 0 Å². The van der Waals surface area contributed by atoms with Crippen LogP contribution >= 0.6 is 0 Å². The molecule has 4 heteroatoms. The number of rotatable bonds is 4. The maximum absolute atomic E-state index is 5.71. The number of aromatic nitrogens is 2. The molecule has 1 aromatic rings. The van der Waals surface area contributed by atoms with Crippen molar-refractivity contribution in [2.45, 2.75) is 45.1 Å². The zero-order valence-electron chi connectivity index (χ0n) is 10.5. The van der Waals surface area contributed by atoms with Gasteiger partial charge in [-0.1, -0.05) is 13.3 Å². The number of hydrogen-bond acceptors (Lipinski definition) is 4. The summed E-state index contributed by atoms with van der Waals surface area (Å²) < 4.78 is 5.37. The van der Waals surface area contributed by atoms with Gasteiger partial charge in [-0.15, -0.1) is 0 Å². The monoisotopic (exact) mass is 235 g/mol. The fraction of sp³-hybridized carbons (Fsp3) is 0.692. The van der Waals surface area contributed by atoms with Gasteiger partial charge in [0.2, 0.25) is 0 Å². The molecule has 0 aliphatic carbocycles. The smallest absolute Gasteiger partial charge is 0.131 e. The van der Waals surface area contributed by atoms with Gasteiger partial charge in [-0.2, -0.15) is 0 Å². The highest BCUT2D eigenvalue weighted by Gasteiger charge is 2.19. The second kappa shape index (κ2) is 6.07. The summed E-state index contributed by atoms with van der Waals surface area (Å²) in [4.78, 5) is 9.18. The van der Waals surface area contributed by atoms with Gasteiger partial charge in [0.15, 0.2) is 0 Å². The Hall–Kier alpha value is -1.00. The van der Waals surface area contributed by atoms with Gasteiger partial charge in [-0.25, -0.2) is 9.97 Å². The maximum Gasteiger partial charge on any atom is 0.131 e. The van der Waals surface area contributed by atoms with Gasteiger partial charge in [0.25, 0.3) is 0 Å². The minimum absolute atomic E-state index is 0.464. The van der Waals surface area contributed by atoms with E-state index in [9.17, 15) is 0 Å². The van der Waals surface area contributed by atoms with Gasteiger partial charge in [0.1, 0.15) is 5.82 Å². The molecule has 0 spiro atoms. The fourth-order valence-corrected chi connectivity index (χ4v) is 2.23. The standard InChI is InChI=1S/C13H21N3O/c1-2-3-12-11(8-14)9-15-13(16-12)10-4-6-17-7-5-10/h9-10H,2-8,14H2,1H3. The number of nitrogens with two attached hydrogens (primary N) is 1. The molecular weight excluding hydrogens is 214 g/mol. The van der Waals surface area contributed by atoms with Gasteiger partial charge < -0.3 is 10.5 Å². The minimum atomic E-state index is 0.464. The molecule has 2 N–H and O–H groups in total. The molecule has 1 aliphatic rings. The van der Waals surface area contributed by atoms with Crippen LogP contribution in [0.3, 0.4) is 0 Å². The Morgan fingerprint density at radius 2 is 2.18 bits per heavy atom. The molecule has 4 nitrogen and oxygen atoms in total. The molecule has 17 heavy (non-hydrogen) atoms. The molecule has 0 bridgehead atoms. The second-order valence-corrected chi connectivity index (χ2v) is 4.54. The van der Waals surface area contributed by atoms with Crippen molar-refractivity contribution in [1.82, 2.24) is 9.97 Å². The number of ether oxygens (including phenoxy) is 1. The van der Waals surface area contributed by atoms with Crippen LogP contribution in [0.1, 0.15) is 49.2 Å². The first-order valence-electron chi connectivity index (χ1n) is 6.47. The van der Waals surface area contributed by atoms with Crippen molar-refractivity contribution in [3.63, 3.8) is 0 Å². The first-order chi connectivity index (χ1) is 8.35. The predicted molar refractivity (Wildman–Crippen MR) is 66.7 cm³/mol. The molecule has 0 saturated carbocycles. The van der Waals surface area contributed by atoms with Gasteiger partial charge in [-0.05, 0) is 19.3 Å².